The van der Waals surface area contributed by atoms with E-state index < -0.39 is 5.43 Å². The molecule has 0 spiro atoms. The van der Waals surface area contributed by atoms with E-state index in [1.54, 1.807) is 31.2 Å². The highest BCUT2D eigenvalue weighted by Gasteiger charge is 2.02. The normalized spacial score (nSPS) is 10.1. The number of ether oxygens (including phenoxy) is 1. The fourth-order valence-electron chi connectivity index (χ4n) is 1.07. The summed E-state index contributed by atoms with van der Waals surface area (Å²) in [6, 6.07) is 6.38. The average Bonchev–Trinajstić information content (AvgIpc) is 2.17. The predicted octanol–water partition coefficient (Wildman–Crippen LogP) is 2.94. The van der Waals surface area contributed by atoms with Gasteiger partial charge in [-0.25, -0.2) is 4.79 Å². The summed E-state index contributed by atoms with van der Waals surface area (Å²) < 4.78 is 4.65. The molecule has 0 radical (unpaired) electrons. The van der Waals surface area contributed by atoms with Crippen LogP contribution < -0.4 is 10.1 Å². The van der Waals surface area contributed by atoms with Crippen LogP contribution in [0.15, 0.2) is 36.4 Å². The van der Waals surface area contributed by atoms with E-state index in [-0.39, 0.29) is 11.7 Å². The smallest absolute Gasteiger partial charge is 0.409 e. The third-order valence-corrected chi connectivity index (χ3v) is 1.69. The van der Waals surface area contributed by atoms with E-state index in [0.717, 1.165) is 0 Å². The van der Waals surface area contributed by atoms with Gasteiger partial charge in [-0.15, -0.1) is 0 Å². The van der Waals surface area contributed by atoms with Gasteiger partial charge in [-0.3, -0.25) is 4.79 Å². The van der Waals surface area contributed by atoms with Crippen molar-refractivity contribution in [3.8, 4) is 5.75 Å². The number of hydrogen-bond acceptors (Lipinski definition) is 3. The Morgan fingerprint density at radius 1 is 1.44 bits per heavy atom. The summed E-state index contributed by atoms with van der Waals surface area (Å²) in [5.41, 5.74) is -0.393. The standard InChI is InChI=1S/C11H10ClNO3/c1-2-4-10(14)13-8-5-3-6-9(7-8)16-11(12)15/h2-7H,1H3,(H,13,14). The monoisotopic (exact) mass is 239 g/mol. The van der Waals surface area contributed by atoms with Crippen molar-refractivity contribution in [3.05, 3.63) is 36.4 Å². The molecule has 1 amide bonds. The van der Waals surface area contributed by atoms with Gasteiger partial charge in [-0.05, 0) is 25.1 Å². The molecule has 0 unspecified atom stereocenters. The number of nitrogens with one attached hydrogen (secondary N) is 1. The first-order chi connectivity index (χ1) is 7.61. The molecule has 0 saturated carbocycles. The van der Waals surface area contributed by atoms with Crippen LogP contribution in [0.2, 0.25) is 0 Å². The SMILES string of the molecule is CC=CC(=O)Nc1cccc(OC(=O)Cl)c1. The molecule has 1 aromatic carbocycles. The van der Waals surface area contributed by atoms with Crippen LogP contribution in [0.5, 0.6) is 5.75 Å². The summed E-state index contributed by atoms with van der Waals surface area (Å²) in [6.07, 6.45) is 3.01. The Balaban J connectivity index is 2.74. The topological polar surface area (TPSA) is 55.4 Å². The maximum atomic E-state index is 11.2. The second-order valence-corrected chi connectivity index (χ2v) is 3.17. The van der Waals surface area contributed by atoms with Gasteiger partial charge in [-0.2, -0.15) is 0 Å². The van der Waals surface area contributed by atoms with E-state index in [9.17, 15) is 9.59 Å². The van der Waals surface area contributed by atoms with Crippen molar-refractivity contribution in [2.24, 2.45) is 0 Å². The zero-order valence-corrected chi connectivity index (χ0v) is 9.32. The summed E-state index contributed by atoms with van der Waals surface area (Å²) in [5, 5.41) is 2.60. The lowest BCUT2D eigenvalue weighted by atomic mass is 10.3. The van der Waals surface area contributed by atoms with Gasteiger partial charge >= 0.3 is 5.43 Å². The minimum atomic E-state index is -0.920. The third-order valence-electron chi connectivity index (χ3n) is 1.62. The van der Waals surface area contributed by atoms with E-state index in [1.807, 2.05) is 0 Å². The first-order valence-corrected chi connectivity index (χ1v) is 4.90. The fraction of sp³-hybridized carbons (Fsp3) is 0.0909. The van der Waals surface area contributed by atoms with Crippen molar-refractivity contribution < 1.29 is 14.3 Å². The van der Waals surface area contributed by atoms with Gasteiger partial charge in [-0.1, -0.05) is 12.1 Å². The summed E-state index contributed by atoms with van der Waals surface area (Å²) in [5.74, 6) is 0.0233. The summed E-state index contributed by atoms with van der Waals surface area (Å²) in [7, 11) is 0. The molecular formula is C11H10ClNO3. The second kappa shape index (κ2) is 5.92. The Morgan fingerprint density at radius 2 is 2.19 bits per heavy atom. The second-order valence-electron chi connectivity index (χ2n) is 2.86. The predicted molar refractivity (Wildman–Crippen MR) is 61.8 cm³/mol. The Morgan fingerprint density at radius 3 is 2.81 bits per heavy atom. The number of hydrogen-bond donors (Lipinski definition) is 1. The van der Waals surface area contributed by atoms with Crippen LogP contribution in [-0.4, -0.2) is 11.3 Å². The lowest BCUT2D eigenvalue weighted by Gasteiger charge is -2.04. The molecular weight excluding hydrogens is 230 g/mol. The molecule has 0 aromatic heterocycles. The van der Waals surface area contributed by atoms with Gasteiger partial charge in [0.1, 0.15) is 5.75 Å². The van der Waals surface area contributed by atoms with Gasteiger partial charge in [0.15, 0.2) is 0 Å². The largest absolute Gasteiger partial charge is 0.414 e. The van der Waals surface area contributed by atoms with Crippen molar-refractivity contribution in [1.29, 1.82) is 0 Å². The number of benzene rings is 1. The zero-order valence-electron chi connectivity index (χ0n) is 8.57. The van der Waals surface area contributed by atoms with Gasteiger partial charge in [0.2, 0.25) is 5.91 Å². The maximum absolute atomic E-state index is 11.2. The van der Waals surface area contributed by atoms with Crippen LogP contribution in [0.1, 0.15) is 6.92 Å². The molecule has 5 heteroatoms. The minimum absolute atomic E-state index is 0.253. The first kappa shape index (κ1) is 12.3. The van der Waals surface area contributed by atoms with Gasteiger partial charge < -0.3 is 10.1 Å². The van der Waals surface area contributed by atoms with Crippen molar-refractivity contribution in [1.82, 2.24) is 0 Å². The fourth-order valence-corrected chi connectivity index (χ4v) is 1.15. The highest BCUT2D eigenvalue weighted by atomic mass is 35.5. The molecule has 1 N–H and O–H groups in total. The number of amides is 1. The molecule has 4 nitrogen and oxygen atoms in total. The molecule has 1 rings (SSSR count). The van der Waals surface area contributed by atoms with E-state index in [2.05, 4.69) is 10.1 Å². The number of carbonyl (C=O) groups excluding carboxylic acids is 2. The highest BCUT2D eigenvalue weighted by molar-refractivity contribution is 6.61. The molecule has 0 aliphatic rings. The van der Waals surface area contributed by atoms with E-state index in [4.69, 9.17) is 11.6 Å². The number of carbonyl (C=O) groups is 2. The van der Waals surface area contributed by atoms with E-state index in [0.29, 0.717) is 5.69 Å². The number of anilines is 1. The van der Waals surface area contributed by atoms with E-state index >= 15 is 0 Å². The Labute approximate surface area is 97.9 Å². The molecule has 16 heavy (non-hydrogen) atoms. The highest BCUT2D eigenvalue weighted by Crippen LogP contribution is 2.18. The Kier molecular flexibility index (Phi) is 4.54. The molecule has 0 bridgehead atoms. The average molecular weight is 240 g/mol. The number of allylic oxidation sites excluding steroid dienone is 1. The van der Waals surface area contributed by atoms with E-state index in [1.165, 1.54) is 12.1 Å². The quantitative estimate of drug-likeness (QED) is 0.652. The minimum Gasteiger partial charge on any atom is -0.414 e. The molecule has 1 aromatic rings. The van der Waals surface area contributed by atoms with Crippen molar-refractivity contribution in [2.45, 2.75) is 6.92 Å². The van der Waals surface area contributed by atoms with Gasteiger partial charge in [0.05, 0.1) is 0 Å². The molecule has 0 aliphatic carbocycles. The van der Waals surface area contributed by atoms with Gasteiger partial charge in [0, 0.05) is 23.4 Å². The lowest BCUT2D eigenvalue weighted by molar-refractivity contribution is -0.111. The maximum Gasteiger partial charge on any atom is 0.409 e. The molecule has 0 atom stereocenters. The van der Waals surface area contributed by atoms with Crippen molar-refractivity contribution in [3.63, 3.8) is 0 Å². The summed E-state index contributed by atoms with van der Waals surface area (Å²) in [4.78, 5) is 21.7. The Hall–Kier alpha value is -1.81. The zero-order chi connectivity index (χ0) is 12.0. The van der Waals surface area contributed by atoms with Crippen molar-refractivity contribution in [2.75, 3.05) is 5.32 Å². The summed E-state index contributed by atoms with van der Waals surface area (Å²) in [6.45, 7) is 1.74. The molecule has 0 heterocycles. The van der Waals surface area contributed by atoms with Crippen LogP contribution in [0, 0.1) is 0 Å². The van der Waals surface area contributed by atoms with Crippen LogP contribution in [0.25, 0.3) is 0 Å². The van der Waals surface area contributed by atoms with Crippen LogP contribution in [0.4, 0.5) is 10.5 Å². The van der Waals surface area contributed by atoms with Crippen molar-refractivity contribution >= 4 is 28.6 Å². The number of rotatable bonds is 3. The Bertz CT molecular complexity index is 429. The lowest BCUT2D eigenvalue weighted by Crippen LogP contribution is -2.07. The van der Waals surface area contributed by atoms with Crippen LogP contribution >= 0.6 is 11.6 Å². The third kappa shape index (κ3) is 4.14. The molecule has 0 saturated heterocycles. The molecule has 0 aliphatic heterocycles. The molecule has 0 fully saturated rings. The summed E-state index contributed by atoms with van der Waals surface area (Å²) >= 11 is 5.06. The first-order valence-electron chi connectivity index (χ1n) is 4.53. The molecule has 84 valence electrons. The number of halogens is 1. The van der Waals surface area contributed by atoms with Gasteiger partial charge in [0.25, 0.3) is 0 Å². The van der Waals surface area contributed by atoms with Crippen LogP contribution in [0.3, 0.4) is 0 Å². The van der Waals surface area contributed by atoms with Crippen LogP contribution in [-0.2, 0) is 4.79 Å².